The Hall–Kier alpha value is -0.363. The van der Waals surface area contributed by atoms with Gasteiger partial charge in [0, 0.05) is 21.3 Å². The van der Waals surface area contributed by atoms with Gasteiger partial charge in [-0.05, 0) is 42.0 Å². The lowest BCUT2D eigenvalue weighted by molar-refractivity contribution is -0.0951. The molecule has 0 rings (SSSR count). The van der Waals surface area contributed by atoms with Crippen LogP contribution < -0.4 is 0 Å². The first kappa shape index (κ1) is 23.6. The van der Waals surface area contributed by atoms with Crippen LogP contribution in [-0.4, -0.2) is 42.5 Å². The highest BCUT2D eigenvalue weighted by Gasteiger charge is 2.40. The van der Waals surface area contributed by atoms with Crippen LogP contribution in [0.3, 0.4) is 0 Å². The maximum atomic E-state index is 6.79. The third kappa shape index (κ3) is 9.21. The average Bonchev–Trinajstić information content (AvgIpc) is 2.43. The van der Waals surface area contributed by atoms with Crippen molar-refractivity contribution in [2.24, 2.45) is 17.8 Å². The molecule has 0 heterocycles. The molecular formula is C19H40O4Si. The zero-order chi connectivity index (χ0) is 18.8. The van der Waals surface area contributed by atoms with E-state index in [9.17, 15) is 0 Å². The van der Waals surface area contributed by atoms with E-state index in [1.807, 2.05) is 6.08 Å². The molecule has 0 bridgehead atoms. The van der Waals surface area contributed by atoms with E-state index in [4.69, 9.17) is 18.6 Å². The van der Waals surface area contributed by atoms with Crippen LogP contribution >= 0.6 is 0 Å². The maximum absolute atomic E-state index is 6.79. The first-order chi connectivity index (χ1) is 11.2. The Labute approximate surface area is 151 Å². The zero-order valence-electron chi connectivity index (χ0n) is 17.3. The molecule has 0 N–H and O–H groups in total. The van der Waals surface area contributed by atoms with Gasteiger partial charge in [0.1, 0.15) is 5.76 Å². The highest BCUT2D eigenvalue weighted by Crippen LogP contribution is 2.35. The summed E-state index contributed by atoms with van der Waals surface area (Å²) in [5.41, 5.74) is 0. The molecule has 144 valence electrons. The van der Waals surface area contributed by atoms with Crippen LogP contribution in [0, 0.1) is 17.8 Å². The number of methoxy groups -OCH3 is 3. The minimum Gasteiger partial charge on any atom is -0.543 e. The second-order valence-corrected chi connectivity index (χ2v) is 11.7. The molecule has 0 unspecified atom stereocenters. The van der Waals surface area contributed by atoms with Crippen LogP contribution in [0.15, 0.2) is 11.8 Å². The Bertz CT molecular complexity index is 323. The maximum Gasteiger partial charge on any atom is 0.251 e. The van der Waals surface area contributed by atoms with E-state index in [1.54, 1.807) is 21.3 Å². The van der Waals surface area contributed by atoms with Gasteiger partial charge in [0.2, 0.25) is 6.29 Å². The van der Waals surface area contributed by atoms with Crippen LogP contribution in [0.4, 0.5) is 0 Å². The molecule has 0 fully saturated rings. The fourth-order valence-electron chi connectivity index (χ4n) is 3.54. The predicted octanol–water partition coefficient (Wildman–Crippen LogP) is 5.07. The lowest BCUT2D eigenvalue weighted by atomic mass is 10.2. The first-order valence-electron chi connectivity index (χ1n) is 9.13. The van der Waals surface area contributed by atoms with Crippen molar-refractivity contribution in [3.63, 3.8) is 0 Å². The topological polar surface area (TPSA) is 36.9 Å². The van der Waals surface area contributed by atoms with E-state index >= 15 is 0 Å². The van der Waals surface area contributed by atoms with Gasteiger partial charge in [0.25, 0.3) is 8.32 Å². The van der Waals surface area contributed by atoms with E-state index < -0.39 is 14.6 Å². The molecule has 0 aliphatic heterocycles. The Kier molecular flexibility index (Phi) is 11.9. The van der Waals surface area contributed by atoms with Gasteiger partial charge in [-0.15, -0.1) is 0 Å². The molecule has 24 heavy (non-hydrogen) atoms. The van der Waals surface area contributed by atoms with E-state index in [2.05, 4.69) is 41.5 Å². The lowest BCUT2D eigenvalue weighted by Crippen LogP contribution is -2.43. The van der Waals surface area contributed by atoms with Crippen LogP contribution in [0.2, 0.25) is 18.1 Å². The molecule has 0 saturated carbocycles. The molecule has 0 aliphatic rings. The van der Waals surface area contributed by atoms with Gasteiger partial charge >= 0.3 is 0 Å². The second kappa shape index (κ2) is 12.1. The summed E-state index contributed by atoms with van der Waals surface area (Å²) in [5.74, 6) is 2.61. The summed E-state index contributed by atoms with van der Waals surface area (Å²) in [5, 5.41) is 0. The van der Waals surface area contributed by atoms with Crippen molar-refractivity contribution in [2.45, 2.75) is 66.0 Å². The largest absolute Gasteiger partial charge is 0.543 e. The average molecular weight is 361 g/mol. The molecule has 4 nitrogen and oxygen atoms in total. The van der Waals surface area contributed by atoms with Gasteiger partial charge in [-0.25, -0.2) is 0 Å². The second-order valence-electron chi connectivity index (χ2n) is 7.94. The molecule has 0 atom stereocenters. The Morgan fingerprint density at radius 3 is 1.50 bits per heavy atom. The van der Waals surface area contributed by atoms with E-state index in [-0.39, 0.29) is 0 Å². The molecule has 0 spiro atoms. The number of ether oxygens (including phenoxy) is 3. The van der Waals surface area contributed by atoms with Crippen LogP contribution in [0.5, 0.6) is 0 Å². The summed E-state index contributed by atoms with van der Waals surface area (Å²) in [7, 11) is 3.00. The summed E-state index contributed by atoms with van der Waals surface area (Å²) in [6.45, 7) is 14.2. The molecule has 0 aromatic heterocycles. The van der Waals surface area contributed by atoms with Crippen molar-refractivity contribution in [2.75, 3.05) is 27.9 Å². The van der Waals surface area contributed by atoms with Crippen molar-refractivity contribution in [3.05, 3.63) is 11.8 Å². The highest BCUT2D eigenvalue weighted by molar-refractivity contribution is 6.74. The van der Waals surface area contributed by atoms with Crippen molar-refractivity contribution in [3.8, 4) is 0 Å². The third-order valence-corrected chi connectivity index (χ3v) is 9.14. The van der Waals surface area contributed by atoms with Gasteiger partial charge in [0.05, 0.1) is 6.61 Å². The summed E-state index contributed by atoms with van der Waals surface area (Å²) in [6, 6.07) is 3.44. The minimum absolute atomic E-state index is 0.474. The normalized spacial score (nSPS) is 13.6. The van der Waals surface area contributed by atoms with E-state index in [0.29, 0.717) is 24.4 Å². The molecule has 0 amide bonds. The summed E-state index contributed by atoms with van der Waals surface area (Å²) in [6.07, 6.45) is 1.49. The smallest absolute Gasteiger partial charge is 0.251 e. The van der Waals surface area contributed by atoms with Gasteiger partial charge in [0.15, 0.2) is 0 Å². The zero-order valence-corrected chi connectivity index (χ0v) is 18.3. The fourth-order valence-corrected chi connectivity index (χ4v) is 9.43. The standard InChI is InChI=1S/C19H40O4Si/c1-15(2)12-24(13-16(3)4,14-17(5)6)23-18(10-11-20-7)19(21-8)22-9/h10,15-17,19H,11-14H2,1-9H3/b18-10-. The third-order valence-electron chi connectivity index (χ3n) is 3.79. The first-order valence-corrected chi connectivity index (χ1v) is 11.7. The molecule has 5 heteroatoms. The molecule has 0 aliphatic carbocycles. The predicted molar refractivity (Wildman–Crippen MR) is 104 cm³/mol. The minimum atomic E-state index is -1.98. The molecular weight excluding hydrogens is 320 g/mol. The number of hydrogen-bond donors (Lipinski definition) is 0. The summed E-state index contributed by atoms with van der Waals surface area (Å²) >= 11 is 0. The summed E-state index contributed by atoms with van der Waals surface area (Å²) < 4.78 is 22.9. The Morgan fingerprint density at radius 2 is 1.21 bits per heavy atom. The Morgan fingerprint density at radius 1 is 0.792 bits per heavy atom. The Balaban J connectivity index is 5.68. The number of rotatable bonds is 13. The van der Waals surface area contributed by atoms with Crippen molar-refractivity contribution >= 4 is 8.32 Å². The van der Waals surface area contributed by atoms with Crippen LogP contribution in [0.1, 0.15) is 41.5 Å². The van der Waals surface area contributed by atoms with Crippen molar-refractivity contribution in [1.29, 1.82) is 0 Å². The fraction of sp³-hybridized carbons (Fsp3) is 0.895. The lowest BCUT2D eigenvalue weighted by Gasteiger charge is -2.38. The highest BCUT2D eigenvalue weighted by atomic mass is 28.4. The quantitative estimate of drug-likeness (QED) is 0.261. The van der Waals surface area contributed by atoms with Gasteiger partial charge in [-0.1, -0.05) is 41.5 Å². The van der Waals surface area contributed by atoms with Crippen LogP contribution in [0.25, 0.3) is 0 Å². The van der Waals surface area contributed by atoms with Crippen molar-refractivity contribution in [1.82, 2.24) is 0 Å². The van der Waals surface area contributed by atoms with Crippen LogP contribution in [-0.2, 0) is 18.6 Å². The van der Waals surface area contributed by atoms with Crippen molar-refractivity contribution < 1.29 is 18.6 Å². The monoisotopic (exact) mass is 360 g/mol. The number of hydrogen-bond acceptors (Lipinski definition) is 4. The van der Waals surface area contributed by atoms with Gasteiger partial charge in [-0.2, -0.15) is 0 Å². The van der Waals surface area contributed by atoms with Gasteiger partial charge < -0.3 is 18.6 Å². The molecule has 0 saturated heterocycles. The summed E-state index contributed by atoms with van der Waals surface area (Å²) in [4.78, 5) is 0. The van der Waals surface area contributed by atoms with E-state index in [0.717, 1.165) is 23.9 Å². The molecule has 0 aromatic rings. The SMILES string of the molecule is COC/C=C(\O[Si](CC(C)C)(CC(C)C)CC(C)C)C(OC)OC. The molecule has 0 aromatic carbocycles. The van der Waals surface area contributed by atoms with E-state index in [1.165, 1.54) is 0 Å². The molecule has 0 radical (unpaired) electrons. The van der Waals surface area contributed by atoms with Gasteiger partial charge in [-0.3, -0.25) is 0 Å².